The molecule has 2 bridgehead atoms. The van der Waals surface area contributed by atoms with Gasteiger partial charge in [-0.05, 0) is 38.5 Å². The van der Waals surface area contributed by atoms with Crippen molar-refractivity contribution in [1.29, 1.82) is 0 Å². The molecule has 0 aromatic carbocycles. The molecule has 0 radical (unpaired) electrons. The van der Waals surface area contributed by atoms with E-state index < -0.39 is 6.16 Å². The number of carbonyl (C=O) groups is 1. The molecule has 2 rings (SSSR count). The van der Waals surface area contributed by atoms with E-state index >= 15 is 0 Å². The molecule has 0 aliphatic heterocycles. The molecular weight excluding hydrogens is 192 g/mol. The summed E-state index contributed by atoms with van der Waals surface area (Å²) in [6.45, 7) is 4.15. The lowest BCUT2D eigenvalue weighted by Gasteiger charge is -2.17. The molecule has 0 heterocycles. The van der Waals surface area contributed by atoms with E-state index in [2.05, 4.69) is 12.2 Å². The number of hydrogen-bond donors (Lipinski definition) is 0. The van der Waals surface area contributed by atoms with Gasteiger partial charge in [0.2, 0.25) is 0 Å². The van der Waals surface area contributed by atoms with Gasteiger partial charge in [-0.2, -0.15) is 0 Å². The summed E-state index contributed by atoms with van der Waals surface area (Å²) in [7, 11) is 0. The van der Waals surface area contributed by atoms with Crippen molar-refractivity contribution in [3.63, 3.8) is 0 Å². The molecule has 2 aliphatic rings. The minimum Gasteiger partial charge on any atom is -0.434 e. The average Bonchev–Trinajstić information content (AvgIpc) is 2.74. The van der Waals surface area contributed by atoms with E-state index in [1.165, 1.54) is 6.42 Å². The van der Waals surface area contributed by atoms with Gasteiger partial charge in [0.05, 0.1) is 12.7 Å². The smallest absolute Gasteiger partial charge is 0.434 e. The van der Waals surface area contributed by atoms with Crippen molar-refractivity contribution in [2.45, 2.75) is 32.8 Å². The summed E-state index contributed by atoms with van der Waals surface area (Å²) in [5.41, 5.74) is 0. The van der Waals surface area contributed by atoms with E-state index in [1.807, 2.05) is 13.8 Å². The van der Waals surface area contributed by atoms with Crippen LogP contribution in [0.25, 0.3) is 0 Å². The number of allylic oxidation sites excluding steroid dienone is 2. The second-order valence-electron chi connectivity index (χ2n) is 4.77. The highest BCUT2D eigenvalue weighted by atomic mass is 16.7. The molecule has 0 spiro atoms. The van der Waals surface area contributed by atoms with Crippen LogP contribution < -0.4 is 0 Å². The van der Waals surface area contributed by atoms with Gasteiger partial charge >= 0.3 is 6.16 Å². The molecule has 2 aliphatic carbocycles. The van der Waals surface area contributed by atoms with Gasteiger partial charge in [-0.15, -0.1) is 0 Å². The number of ether oxygens (including phenoxy) is 2. The zero-order valence-corrected chi connectivity index (χ0v) is 9.31. The maximum absolute atomic E-state index is 11.2. The predicted octanol–water partition coefficient (Wildman–Crippen LogP) is 2.76. The highest BCUT2D eigenvalue weighted by Gasteiger charge is 2.36. The van der Waals surface area contributed by atoms with Crippen LogP contribution in [0, 0.1) is 17.8 Å². The first kappa shape index (κ1) is 10.5. The lowest BCUT2D eigenvalue weighted by molar-refractivity contribution is 0.0232. The largest absolute Gasteiger partial charge is 0.508 e. The Hall–Kier alpha value is -0.990. The molecule has 3 atom stereocenters. The lowest BCUT2D eigenvalue weighted by atomic mass is 9.95. The van der Waals surface area contributed by atoms with Crippen LogP contribution in [0.4, 0.5) is 4.79 Å². The highest BCUT2D eigenvalue weighted by Crippen LogP contribution is 2.43. The van der Waals surface area contributed by atoms with Crippen LogP contribution in [-0.2, 0) is 9.47 Å². The Labute approximate surface area is 90.4 Å². The zero-order chi connectivity index (χ0) is 10.8. The molecule has 3 unspecified atom stereocenters. The number of carbonyl (C=O) groups excluding carboxylic acids is 1. The Morgan fingerprint density at radius 3 is 2.73 bits per heavy atom. The Morgan fingerprint density at radius 1 is 1.40 bits per heavy atom. The molecular formula is C12H18O3. The van der Waals surface area contributed by atoms with E-state index in [4.69, 9.17) is 9.47 Å². The van der Waals surface area contributed by atoms with Crippen LogP contribution in [0.15, 0.2) is 12.2 Å². The van der Waals surface area contributed by atoms with Gasteiger partial charge in [0, 0.05) is 5.92 Å². The van der Waals surface area contributed by atoms with Crippen molar-refractivity contribution < 1.29 is 14.3 Å². The summed E-state index contributed by atoms with van der Waals surface area (Å²) in [5.74, 6) is 1.87. The summed E-state index contributed by atoms with van der Waals surface area (Å²) in [5, 5.41) is 0. The first-order chi connectivity index (χ1) is 7.15. The van der Waals surface area contributed by atoms with E-state index in [9.17, 15) is 4.79 Å². The predicted molar refractivity (Wildman–Crippen MR) is 56.4 cm³/mol. The minimum atomic E-state index is -0.531. The van der Waals surface area contributed by atoms with Crippen LogP contribution in [0.2, 0.25) is 0 Å². The maximum atomic E-state index is 11.2. The van der Waals surface area contributed by atoms with Gasteiger partial charge in [-0.25, -0.2) is 4.79 Å². The van der Waals surface area contributed by atoms with Gasteiger partial charge in [0.1, 0.15) is 0 Å². The van der Waals surface area contributed by atoms with Gasteiger partial charge in [0.25, 0.3) is 0 Å². The number of rotatable bonds is 3. The summed E-state index contributed by atoms with van der Waals surface area (Å²) < 4.78 is 10.0. The van der Waals surface area contributed by atoms with Crippen LogP contribution in [0.1, 0.15) is 26.7 Å². The van der Waals surface area contributed by atoms with Gasteiger partial charge in [-0.3, -0.25) is 0 Å². The normalized spacial score (nSPS) is 32.3. The van der Waals surface area contributed by atoms with Crippen molar-refractivity contribution >= 4 is 6.16 Å². The lowest BCUT2D eigenvalue weighted by Crippen LogP contribution is -2.20. The topological polar surface area (TPSA) is 35.5 Å². The molecule has 3 nitrogen and oxygen atoms in total. The van der Waals surface area contributed by atoms with Crippen LogP contribution in [-0.4, -0.2) is 18.9 Å². The molecule has 0 saturated heterocycles. The van der Waals surface area contributed by atoms with Gasteiger partial charge in [-0.1, -0.05) is 12.2 Å². The Bertz CT molecular complexity index is 270. The van der Waals surface area contributed by atoms with E-state index in [0.717, 1.165) is 12.3 Å². The molecule has 0 N–H and O–H groups in total. The van der Waals surface area contributed by atoms with Crippen LogP contribution in [0.3, 0.4) is 0 Å². The SMILES string of the molecule is CC(C)OC(=O)OCC1CC2C=CC1C2. The summed E-state index contributed by atoms with van der Waals surface area (Å²) in [6.07, 6.45) is 6.32. The van der Waals surface area contributed by atoms with E-state index in [1.54, 1.807) is 0 Å². The number of hydrogen-bond acceptors (Lipinski definition) is 3. The molecule has 1 saturated carbocycles. The quantitative estimate of drug-likeness (QED) is 0.530. The minimum absolute atomic E-state index is 0.0996. The first-order valence-electron chi connectivity index (χ1n) is 5.67. The van der Waals surface area contributed by atoms with Crippen molar-refractivity contribution in [3.8, 4) is 0 Å². The summed E-state index contributed by atoms with van der Waals surface area (Å²) in [6, 6.07) is 0. The van der Waals surface area contributed by atoms with Crippen molar-refractivity contribution in [1.82, 2.24) is 0 Å². The third kappa shape index (κ3) is 2.52. The van der Waals surface area contributed by atoms with Crippen LogP contribution in [0.5, 0.6) is 0 Å². The van der Waals surface area contributed by atoms with Crippen molar-refractivity contribution in [3.05, 3.63) is 12.2 Å². The Kier molecular flexibility index (Phi) is 2.98. The first-order valence-corrected chi connectivity index (χ1v) is 5.67. The van der Waals surface area contributed by atoms with Crippen molar-refractivity contribution in [2.75, 3.05) is 6.61 Å². The molecule has 0 aromatic rings. The second kappa shape index (κ2) is 4.25. The second-order valence-corrected chi connectivity index (χ2v) is 4.77. The fraction of sp³-hybridized carbons (Fsp3) is 0.750. The standard InChI is InChI=1S/C12H18O3/c1-8(2)15-12(13)14-7-11-6-9-3-4-10(11)5-9/h3-4,8-11H,5-7H2,1-2H3. The molecule has 1 fully saturated rings. The van der Waals surface area contributed by atoms with Crippen LogP contribution >= 0.6 is 0 Å². The molecule has 15 heavy (non-hydrogen) atoms. The summed E-state index contributed by atoms with van der Waals surface area (Å²) >= 11 is 0. The zero-order valence-electron chi connectivity index (χ0n) is 9.31. The van der Waals surface area contributed by atoms with Crippen molar-refractivity contribution in [2.24, 2.45) is 17.8 Å². The molecule has 3 heteroatoms. The Balaban J connectivity index is 1.70. The van der Waals surface area contributed by atoms with E-state index in [0.29, 0.717) is 18.4 Å². The van der Waals surface area contributed by atoms with E-state index in [-0.39, 0.29) is 6.10 Å². The highest BCUT2D eigenvalue weighted by molar-refractivity contribution is 5.60. The van der Waals surface area contributed by atoms with Gasteiger partial charge in [0.15, 0.2) is 0 Å². The molecule has 0 amide bonds. The molecule has 0 aromatic heterocycles. The summed E-state index contributed by atoms with van der Waals surface area (Å²) in [4.78, 5) is 11.2. The maximum Gasteiger partial charge on any atom is 0.508 e. The third-order valence-corrected chi connectivity index (χ3v) is 3.16. The fourth-order valence-electron chi connectivity index (χ4n) is 2.49. The molecule has 84 valence electrons. The Morgan fingerprint density at radius 2 is 2.20 bits per heavy atom. The fourth-order valence-corrected chi connectivity index (χ4v) is 2.49. The third-order valence-electron chi connectivity index (χ3n) is 3.16. The number of fused-ring (bicyclic) bond motifs is 2. The monoisotopic (exact) mass is 210 g/mol. The van der Waals surface area contributed by atoms with Gasteiger partial charge < -0.3 is 9.47 Å². The average molecular weight is 210 g/mol.